The molecule has 0 radical (unpaired) electrons. The average molecular weight is 318 g/mol. The zero-order chi connectivity index (χ0) is 15.7. The molecule has 22 heavy (non-hydrogen) atoms. The SMILES string of the molecule is CC(C)CC(C(=O)Nc1c2c(nn1C)CSC2)n1cccc1. The van der Waals surface area contributed by atoms with Gasteiger partial charge in [0.15, 0.2) is 0 Å². The predicted molar refractivity (Wildman–Crippen MR) is 89.8 cm³/mol. The van der Waals surface area contributed by atoms with E-state index in [4.69, 9.17) is 0 Å². The maximum atomic E-state index is 12.8. The maximum Gasteiger partial charge on any atom is 0.248 e. The second-order valence-electron chi connectivity index (χ2n) is 6.16. The molecule has 0 aliphatic carbocycles. The monoisotopic (exact) mass is 318 g/mol. The van der Waals surface area contributed by atoms with E-state index in [2.05, 4.69) is 24.3 Å². The lowest BCUT2D eigenvalue weighted by molar-refractivity contribution is -0.119. The van der Waals surface area contributed by atoms with Gasteiger partial charge in [-0.3, -0.25) is 9.48 Å². The maximum absolute atomic E-state index is 12.8. The number of hydrogen-bond acceptors (Lipinski definition) is 3. The molecule has 1 atom stereocenters. The van der Waals surface area contributed by atoms with Crippen molar-refractivity contribution in [2.24, 2.45) is 13.0 Å². The molecule has 0 bridgehead atoms. The van der Waals surface area contributed by atoms with Gasteiger partial charge in [0.05, 0.1) is 5.69 Å². The van der Waals surface area contributed by atoms with Crippen LogP contribution in [0.25, 0.3) is 0 Å². The Morgan fingerprint density at radius 1 is 1.36 bits per heavy atom. The Kier molecular flexibility index (Phi) is 4.29. The van der Waals surface area contributed by atoms with Gasteiger partial charge in [-0.25, -0.2) is 0 Å². The van der Waals surface area contributed by atoms with Gasteiger partial charge in [0.25, 0.3) is 0 Å². The van der Waals surface area contributed by atoms with Crippen LogP contribution in [0.1, 0.15) is 37.6 Å². The van der Waals surface area contributed by atoms with E-state index in [9.17, 15) is 4.79 Å². The lowest BCUT2D eigenvalue weighted by Crippen LogP contribution is -2.27. The van der Waals surface area contributed by atoms with E-state index in [0.717, 1.165) is 29.4 Å². The Labute approximate surface area is 135 Å². The van der Waals surface area contributed by atoms with Gasteiger partial charge in [-0.05, 0) is 24.5 Å². The van der Waals surface area contributed by atoms with Crippen LogP contribution in [0.2, 0.25) is 0 Å². The number of aromatic nitrogens is 3. The summed E-state index contributed by atoms with van der Waals surface area (Å²) in [7, 11) is 1.89. The third kappa shape index (κ3) is 2.92. The first-order chi connectivity index (χ1) is 10.6. The summed E-state index contributed by atoms with van der Waals surface area (Å²) in [5.74, 6) is 3.20. The summed E-state index contributed by atoms with van der Waals surface area (Å²) in [5, 5.41) is 7.61. The molecule has 1 aliphatic heterocycles. The first kappa shape index (κ1) is 15.2. The van der Waals surface area contributed by atoms with Gasteiger partial charge < -0.3 is 9.88 Å². The number of fused-ring (bicyclic) bond motifs is 1. The first-order valence-corrected chi connectivity index (χ1v) is 8.77. The van der Waals surface area contributed by atoms with E-state index in [0.29, 0.717) is 5.92 Å². The van der Waals surface area contributed by atoms with Crippen molar-refractivity contribution in [2.45, 2.75) is 37.8 Å². The fourth-order valence-corrected chi connectivity index (χ4v) is 3.90. The molecule has 2 aromatic heterocycles. The molecule has 3 heterocycles. The van der Waals surface area contributed by atoms with Gasteiger partial charge in [-0.2, -0.15) is 16.9 Å². The van der Waals surface area contributed by atoms with Crippen molar-refractivity contribution in [3.8, 4) is 0 Å². The summed E-state index contributed by atoms with van der Waals surface area (Å²) in [6, 6.07) is 3.73. The Balaban J connectivity index is 1.83. The molecule has 0 saturated heterocycles. The van der Waals surface area contributed by atoms with Crippen LogP contribution in [-0.2, 0) is 23.3 Å². The van der Waals surface area contributed by atoms with Crippen LogP contribution in [0.4, 0.5) is 5.82 Å². The predicted octanol–water partition coefficient (Wildman–Crippen LogP) is 3.19. The van der Waals surface area contributed by atoms with Crippen molar-refractivity contribution in [1.29, 1.82) is 0 Å². The number of amides is 1. The molecule has 1 amide bonds. The molecule has 1 N–H and O–H groups in total. The minimum absolute atomic E-state index is 0.0348. The second-order valence-corrected chi connectivity index (χ2v) is 7.14. The van der Waals surface area contributed by atoms with E-state index in [-0.39, 0.29) is 11.9 Å². The summed E-state index contributed by atoms with van der Waals surface area (Å²) in [5.41, 5.74) is 2.28. The van der Waals surface area contributed by atoms with Crippen molar-refractivity contribution in [3.05, 3.63) is 35.8 Å². The molecule has 2 aromatic rings. The summed E-state index contributed by atoms with van der Waals surface area (Å²) in [6.45, 7) is 4.28. The van der Waals surface area contributed by atoms with E-state index >= 15 is 0 Å². The highest BCUT2D eigenvalue weighted by Gasteiger charge is 2.26. The molecule has 6 heteroatoms. The number of carbonyl (C=O) groups is 1. The smallest absolute Gasteiger partial charge is 0.248 e. The van der Waals surface area contributed by atoms with Crippen molar-refractivity contribution < 1.29 is 4.79 Å². The lowest BCUT2D eigenvalue weighted by Gasteiger charge is -2.20. The summed E-state index contributed by atoms with van der Waals surface area (Å²) in [6.07, 6.45) is 4.72. The van der Waals surface area contributed by atoms with Crippen molar-refractivity contribution in [2.75, 3.05) is 5.32 Å². The van der Waals surface area contributed by atoms with Crippen molar-refractivity contribution in [3.63, 3.8) is 0 Å². The molecule has 118 valence electrons. The quantitative estimate of drug-likeness (QED) is 0.921. The molecule has 0 aromatic carbocycles. The molecule has 1 unspecified atom stereocenters. The van der Waals surface area contributed by atoms with Crippen molar-refractivity contribution in [1.82, 2.24) is 14.3 Å². The van der Waals surface area contributed by atoms with Crippen LogP contribution >= 0.6 is 11.8 Å². The van der Waals surface area contributed by atoms with E-state index < -0.39 is 0 Å². The minimum Gasteiger partial charge on any atom is -0.342 e. The molecule has 0 fully saturated rings. The van der Waals surface area contributed by atoms with Crippen molar-refractivity contribution >= 4 is 23.5 Å². The average Bonchev–Trinajstić information content (AvgIpc) is 3.16. The number of nitrogens with zero attached hydrogens (tertiary/aromatic N) is 3. The Hall–Kier alpha value is -1.69. The number of hydrogen-bond donors (Lipinski definition) is 1. The van der Waals surface area contributed by atoms with Gasteiger partial charge in [0, 0.05) is 36.5 Å². The third-order valence-corrected chi connectivity index (χ3v) is 4.91. The standard InChI is InChI=1S/C16H22N4OS/c1-11(2)8-14(20-6-4-5-7-20)16(21)17-15-12-9-22-10-13(12)18-19(15)3/h4-7,11,14H,8-10H2,1-3H3,(H,17,21). The van der Waals surface area contributed by atoms with Crippen LogP contribution in [-0.4, -0.2) is 20.3 Å². The highest BCUT2D eigenvalue weighted by molar-refractivity contribution is 7.98. The Morgan fingerprint density at radius 2 is 2.09 bits per heavy atom. The molecule has 5 nitrogen and oxygen atoms in total. The first-order valence-electron chi connectivity index (χ1n) is 7.62. The summed E-state index contributed by atoms with van der Waals surface area (Å²) < 4.78 is 3.78. The fraction of sp³-hybridized carbons (Fsp3) is 0.500. The van der Waals surface area contributed by atoms with Gasteiger partial charge in [-0.1, -0.05) is 13.8 Å². The van der Waals surface area contributed by atoms with Gasteiger partial charge in [0.1, 0.15) is 11.9 Å². The molecule has 3 rings (SSSR count). The van der Waals surface area contributed by atoms with E-state index in [1.54, 1.807) is 4.68 Å². The van der Waals surface area contributed by atoms with Crippen LogP contribution in [0.3, 0.4) is 0 Å². The zero-order valence-corrected chi connectivity index (χ0v) is 14.1. The second kappa shape index (κ2) is 6.20. The normalized spacial score (nSPS) is 15.1. The lowest BCUT2D eigenvalue weighted by atomic mass is 10.0. The van der Waals surface area contributed by atoms with Gasteiger partial charge >= 0.3 is 0 Å². The molecule has 0 saturated carbocycles. The van der Waals surface area contributed by atoms with E-state index in [1.165, 1.54) is 5.56 Å². The zero-order valence-electron chi connectivity index (χ0n) is 13.2. The highest BCUT2D eigenvalue weighted by atomic mass is 32.2. The Bertz CT molecular complexity index is 660. The van der Waals surface area contributed by atoms with E-state index in [1.807, 2.05) is 47.9 Å². The largest absolute Gasteiger partial charge is 0.342 e. The van der Waals surface area contributed by atoms with Gasteiger partial charge in [-0.15, -0.1) is 0 Å². The number of thioether (sulfide) groups is 1. The number of anilines is 1. The van der Waals surface area contributed by atoms with Crippen LogP contribution in [0.5, 0.6) is 0 Å². The summed E-state index contributed by atoms with van der Waals surface area (Å²) in [4.78, 5) is 12.8. The molecule has 0 spiro atoms. The number of rotatable bonds is 5. The number of carbonyl (C=O) groups excluding carboxylic acids is 1. The topological polar surface area (TPSA) is 51.9 Å². The minimum atomic E-state index is -0.186. The van der Waals surface area contributed by atoms with Crippen LogP contribution < -0.4 is 5.32 Å². The third-order valence-electron chi connectivity index (χ3n) is 3.94. The van der Waals surface area contributed by atoms with Gasteiger partial charge in [0.2, 0.25) is 5.91 Å². The fourth-order valence-electron chi connectivity index (χ4n) is 2.86. The number of nitrogens with one attached hydrogen (secondary N) is 1. The number of aryl methyl sites for hydroxylation is 1. The van der Waals surface area contributed by atoms with Crippen LogP contribution in [0, 0.1) is 5.92 Å². The highest BCUT2D eigenvalue weighted by Crippen LogP contribution is 2.34. The Morgan fingerprint density at radius 3 is 2.77 bits per heavy atom. The molecular formula is C16H22N4OS. The van der Waals surface area contributed by atoms with Crippen LogP contribution in [0.15, 0.2) is 24.5 Å². The molecular weight excluding hydrogens is 296 g/mol. The summed E-state index contributed by atoms with van der Waals surface area (Å²) >= 11 is 1.84. The molecule has 1 aliphatic rings.